The smallest absolute Gasteiger partial charge is 0.307 e. The molecule has 0 amide bonds. The molecule has 0 bridgehead atoms. The summed E-state index contributed by atoms with van der Waals surface area (Å²) in [5.74, 6) is -0.626. The van der Waals surface area contributed by atoms with Crippen LogP contribution in [-0.2, 0) is 25.9 Å². The number of carbonyl (C=O) groups is 1. The lowest BCUT2D eigenvalue weighted by atomic mass is 10.1. The lowest BCUT2D eigenvalue weighted by Crippen LogP contribution is -2.25. The number of ether oxygens (including phenoxy) is 1. The van der Waals surface area contributed by atoms with Crippen LogP contribution >= 0.6 is 11.6 Å². The van der Waals surface area contributed by atoms with Gasteiger partial charge in [0.15, 0.2) is 0 Å². The topological polar surface area (TPSA) is 102 Å². The fourth-order valence-corrected chi connectivity index (χ4v) is 5.22. The first-order chi connectivity index (χ1) is 14.3. The molecule has 0 radical (unpaired) electrons. The van der Waals surface area contributed by atoms with Crippen LogP contribution < -0.4 is 5.73 Å². The van der Waals surface area contributed by atoms with Crippen LogP contribution in [0.25, 0.3) is 10.9 Å². The molecule has 0 aliphatic heterocycles. The Morgan fingerprint density at radius 2 is 2.03 bits per heavy atom. The number of sulfone groups is 1. The number of benzene rings is 2. The number of hydrogen-bond acceptors (Lipinski definition) is 5. The van der Waals surface area contributed by atoms with Crippen molar-refractivity contribution in [3.05, 3.63) is 83.0 Å². The molecule has 0 fully saturated rings. The average Bonchev–Trinajstić information content (AvgIpc) is 3.14. The van der Waals surface area contributed by atoms with E-state index in [1.165, 1.54) is 6.08 Å². The van der Waals surface area contributed by atoms with Gasteiger partial charge in [-0.05, 0) is 35.4 Å². The fourth-order valence-electron chi connectivity index (χ4n) is 3.25. The highest BCUT2D eigenvalue weighted by Crippen LogP contribution is 2.37. The van der Waals surface area contributed by atoms with Crippen LogP contribution in [0.2, 0.25) is 5.02 Å². The van der Waals surface area contributed by atoms with Crippen LogP contribution in [-0.4, -0.2) is 19.4 Å². The molecule has 3 aromatic rings. The van der Waals surface area contributed by atoms with Crippen molar-refractivity contribution in [2.75, 3.05) is 0 Å². The largest absolute Gasteiger partial charge is 0.439 e. The maximum absolute atomic E-state index is 13.6. The molecule has 0 spiro atoms. The Morgan fingerprint density at radius 1 is 1.27 bits per heavy atom. The normalized spacial score (nSPS) is 13.7. The average molecular weight is 447 g/mol. The molecule has 2 unspecified atom stereocenters. The number of fused-ring (bicyclic) bond motifs is 1. The maximum atomic E-state index is 13.6. The summed E-state index contributed by atoms with van der Waals surface area (Å²) in [5, 5.41) is 0.139. The number of nitrogens with one attached hydrogen (secondary N) is 1. The Morgan fingerprint density at radius 3 is 2.70 bits per heavy atom. The van der Waals surface area contributed by atoms with Gasteiger partial charge < -0.3 is 15.5 Å². The summed E-state index contributed by atoms with van der Waals surface area (Å²) in [6, 6.07) is 13.7. The minimum atomic E-state index is -4.07. The first-order valence-corrected chi connectivity index (χ1v) is 11.4. The van der Waals surface area contributed by atoms with Crippen molar-refractivity contribution >= 4 is 38.3 Å². The van der Waals surface area contributed by atoms with Gasteiger partial charge in [-0.1, -0.05) is 48.9 Å². The summed E-state index contributed by atoms with van der Waals surface area (Å²) >= 11 is 6.04. The standard InChI is InChI=1S/C22H23ClN2O4S/c1-3-20(15-7-5-6-14(10-15)13-24)30(27,28)22(29-21(26)4-2)19-12-16-11-17(23)8-9-18(16)25-19/h3,5-12,20,22,25H,1,4,13,24H2,2H3. The van der Waals surface area contributed by atoms with Gasteiger partial charge in [-0.2, -0.15) is 0 Å². The number of aromatic amines is 1. The van der Waals surface area contributed by atoms with Crippen molar-refractivity contribution < 1.29 is 17.9 Å². The van der Waals surface area contributed by atoms with E-state index >= 15 is 0 Å². The highest BCUT2D eigenvalue weighted by atomic mass is 35.5. The van der Waals surface area contributed by atoms with Gasteiger partial charge in [0, 0.05) is 28.9 Å². The molecule has 3 N–H and O–H groups in total. The van der Waals surface area contributed by atoms with Gasteiger partial charge in [-0.3, -0.25) is 4.79 Å². The maximum Gasteiger partial charge on any atom is 0.307 e. The van der Waals surface area contributed by atoms with Crippen molar-refractivity contribution in [2.24, 2.45) is 5.73 Å². The minimum absolute atomic E-state index is 0.0412. The zero-order valence-electron chi connectivity index (χ0n) is 16.5. The molecule has 0 saturated carbocycles. The van der Waals surface area contributed by atoms with Gasteiger partial charge in [-0.25, -0.2) is 8.42 Å². The van der Waals surface area contributed by atoms with E-state index in [9.17, 15) is 13.2 Å². The zero-order chi connectivity index (χ0) is 21.9. The van der Waals surface area contributed by atoms with Crippen molar-refractivity contribution in [3.63, 3.8) is 0 Å². The van der Waals surface area contributed by atoms with Crippen LogP contribution in [0, 0.1) is 0 Å². The van der Waals surface area contributed by atoms with E-state index in [1.807, 2.05) is 6.07 Å². The van der Waals surface area contributed by atoms with E-state index in [4.69, 9.17) is 22.1 Å². The molecule has 30 heavy (non-hydrogen) atoms. The number of nitrogens with two attached hydrogens (primary N) is 1. The number of hydrogen-bond donors (Lipinski definition) is 2. The second-order valence-corrected chi connectivity index (χ2v) is 9.38. The highest BCUT2D eigenvalue weighted by molar-refractivity contribution is 7.91. The molecule has 158 valence electrons. The lowest BCUT2D eigenvalue weighted by Gasteiger charge is -2.22. The quantitative estimate of drug-likeness (QED) is 0.389. The van der Waals surface area contributed by atoms with Crippen LogP contribution in [0.4, 0.5) is 0 Å². The molecule has 1 aromatic heterocycles. The first-order valence-electron chi connectivity index (χ1n) is 9.42. The molecule has 6 nitrogen and oxygen atoms in total. The third kappa shape index (κ3) is 4.43. The number of halogens is 1. The first kappa shape index (κ1) is 22.1. The number of aromatic nitrogens is 1. The van der Waals surface area contributed by atoms with Crippen molar-refractivity contribution in [3.8, 4) is 0 Å². The summed E-state index contributed by atoms with van der Waals surface area (Å²) in [7, 11) is -4.07. The third-order valence-electron chi connectivity index (χ3n) is 4.77. The second-order valence-electron chi connectivity index (χ2n) is 6.83. The lowest BCUT2D eigenvalue weighted by molar-refractivity contribution is -0.145. The number of rotatable bonds is 8. The summed E-state index contributed by atoms with van der Waals surface area (Å²) in [6.45, 7) is 5.59. The van der Waals surface area contributed by atoms with Crippen molar-refractivity contribution in [2.45, 2.75) is 30.6 Å². The Labute approximate surface area is 180 Å². The Balaban J connectivity index is 2.12. The molecular formula is C22H23ClN2O4S. The minimum Gasteiger partial charge on any atom is -0.439 e. The molecule has 2 aromatic carbocycles. The summed E-state index contributed by atoms with van der Waals surface area (Å²) in [5.41, 5.74) is 6.39. The van der Waals surface area contributed by atoms with Crippen LogP contribution in [0.1, 0.15) is 40.9 Å². The Kier molecular flexibility index (Phi) is 6.65. The molecule has 8 heteroatoms. The van der Waals surface area contributed by atoms with E-state index in [0.717, 1.165) is 5.56 Å². The third-order valence-corrected chi connectivity index (χ3v) is 7.12. The van der Waals surface area contributed by atoms with E-state index in [1.54, 1.807) is 49.4 Å². The SMILES string of the molecule is C=CC(c1cccc(CN)c1)S(=O)(=O)C(OC(=O)CC)c1cc2cc(Cl)ccc2[nH]1. The van der Waals surface area contributed by atoms with Crippen molar-refractivity contribution in [1.82, 2.24) is 4.98 Å². The van der Waals surface area contributed by atoms with E-state index in [2.05, 4.69) is 11.6 Å². The predicted octanol–water partition coefficient (Wildman–Crippen LogP) is 4.57. The predicted molar refractivity (Wildman–Crippen MR) is 119 cm³/mol. The molecule has 0 saturated heterocycles. The highest BCUT2D eigenvalue weighted by Gasteiger charge is 2.38. The molecule has 0 aliphatic rings. The number of carbonyl (C=O) groups excluding carboxylic acids is 1. The van der Waals surface area contributed by atoms with Gasteiger partial charge in [0.1, 0.15) is 5.25 Å². The Bertz CT molecular complexity index is 1190. The van der Waals surface area contributed by atoms with Gasteiger partial charge >= 0.3 is 5.97 Å². The van der Waals surface area contributed by atoms with Gasteiger partial charge in [0.05, 0.1) is 5.69 Å². The van der Waals surface area contributed by atoms with Crippen molar-refractivity contribution in [1.29, 1.82) is 0 Å². The van der Waals surface area contributed by atoms with Gasteiger partial charge in [0.2, 0.25) is 15.3 Å². The summed E-state index contributed by atoms with van der Waals surface area (Å²) < 4.78 is 32.7. The van der Waals surface area contributed by atoms with Gasteiger partial charge in [0.25, 0.3) is 0 Å². The Hall–Kier alpha value is -2.61. The zero-order valence-corrected chi connectivity index (χ0v) is 18.0. The van der Waals surface area contributed by atoms with Crippen LogP contribution in [0.15, 0.2) is 61.2 Å². The van der Waals surface area contributed by atoms with Crippen LogP contribution in [0.3, 0.4) is 0 Å². The molecular weight excluding hydrogens is 424 g/mol. The molecule has 2 atom stereocenters. The number of H-pyrrole nitrogens is 1. The summed E-state index contributed by atoms with van der Waals surface area (Å²) in [6.07, 6.45) is 1.37. The molecule has 0 aliphatic carbocycles. The number of esters is 1. The van der Waals surface area contributed by atoms with E-state index in [-0.39, 0.29) is 18.7 Å². The second kappa shape index (κ2) is 9.04. The molecule has 1 heterocycles. The molecule has 3 rings (SSSR count). The monoisotopic (exact) mass is 446 g/mol. The van der Waals surface area contributed by atoms with Crippen LogP contribution in [0.5, 0.6) is 0 Å². The van der Waals surface area contributed by atoms with E-state index < -0.39 is 26.5 Å². The van der Waals surface area contributed by atoms with E-state index in [0.29, 0.717) is 21.5 Å². The van der Waals surface area contributed by atoms with Gasteiger partial charge in [-0.15, -0.1) is 6.58 Å². The summed E-state index contributed by atoms with van der Waals surface area (Å²) in [4.78, 5) is 15.1. The fraction of sp³-hybridized carbons (Fsp3) is 0.227.